The van der Waals surface area contributed by atoms with E-state index < -0.39 is 134 Å². The van der Waals surface area contributed by atoms with Gasteiger partial charge in [0.1, 0.15) is 67.1 Å². The van der Waals surface area contributed by atoms with E-state index in [0.29, 0.717) is 19.3 Å². The fourth-order valence-electron chi connectivity index (χ4n) is 15.1. The fraction of sp³-hybridized carbons (Fsp3) is 0.917. The first-order valence-electron chi connectivity index (χ1n) is 24.3. The molecule has 0 aromatic carbocycles. The minimum Gasteiger partial charge on any atom is -0.481 e. The molecule has 0 aromatic rings. The molecular weight excluding hydrogens is 881 g/mol. The summed E-state index contributed by atoms with van der Waals surface area (Å²) >= 11 is 0. The maximum atomic E-state index is 13.2. The number of rotatable bonds is 10. The van der Waals surface area contributed by atoms with Gasteiger partial charge in [-0.05, 0) is 109 Å². The van der Waals surface area contributed by atoms with Crippen molar-refractivity contribution >= 4 is 11.9 Å². The predicted octanol–water partition coefficient (Wildman–Crippen LogP) is 0.799. The van der Waals surface area contributed by atoms with Crippen LogP contribution in [-0.4, -0.2) is 180 Å². The Morgan fingerprint density at radius 3 is 1.81 bits per heavy atom. The molecule has 3 aliphatic heterocycles. The van der Waals surface area contributed by atoms with E-state index in [0.717, 1.165) is 44.9 Å². The van der Waals surface area contributed by atoms with Crippen LogP contribution in [0.25, 0.3) is 0 Å². The van der Waals surface area contributed by atoms with Crippen LogP contribution in [0.4, 0.5) is 0 Å². The summed E-state index contributed by atoms with van der Waals surface area (Å²) in [4.78, 5) is 25.6. The van der Waals surface area contributed by atoms with Gasteiger partial charge in [0.25, 0.3) is 0 Å². The van der Waals surface area contributed by atoms with Gasteiger partial charge in [0, 0.05) is 0 Å². The van der Waals surface area contributed by atoms with Crippen molar-refractivity contribution in [3.8, 4) is 0 Å². The Bertz CT molecular complexity index is 1880. The molecule has 23 unspecified atom stereocenters. The average molecular weight is 957 g/mol. The van der Waals surface area contributed by atoms with Crippen molar-refractivity contribution in [1.82, 2.24) is 0 Å². The van der Waals surface area contributed by atoms with Gasteiger partial charge in [0.15, 0.2) is 25.0 Å². The number of hydrogen-bond donors (Lipinski definition) is 11. The lowest BCUT2D eigenvalue weighted by Gasteiger charge is -2.71. The number of fused-ring (bicyclic) bond motifs is 7. The van der Waals surface area contributed by atoms with E-state index in [4.69, 9.17) is 28.4 Å². The van der Waals surface area contributed by atoms with Crippen molar-refractivity contribution < 1.29 is 94.2 Å². The largest absolute Gasteiger partial charge is 0.481 e. The molecule has 4 saturated carbocycles. The number of ether oxygens (including phenoxy) is 6. The lowest BCUT2D eigenvalue weighted by Crippen LogP contribution is -2.68. The zero-order chi connectivity index (χ0) is 49.1. The molecule has 0 radical (unpaired) electrons. The zero-order valence-corrected chi connectivity index (χ0v) is 39.7. The maximum absolute atomic E-state index is 13.2. The van der Waals surface area contributed by atoms with Gasteiger partial charge in [0.2, 0.25) is 0 Å². The second-order valence-corrected chi connectivity index (χ2v) is 23.5. The van der Waals surface area contributed by atoms with E-state index in [1.807, 2.05) is 0 Å². The number of carboxylic acids is 2. The van der Waals surface area contributed by atoms with Crippen LogP contribution in [0.3, 0.4) is 0 Å². The van der Waals surface area contributed by atoms with Crippen LogP contribution >= 0.6 is 0 Å². The minimum atomic E-state index is -2.07. The fourth-order valence-corrected chi connectivity index (χ4v) is 15.1. The molecule has 67 heavy (non-hydrogen) atoms. The van der Waals surface area contributed by atoms with E-state index in [1.54, 1.807) is 0 Å². The highest BCUT2D eigenvalue weighted by atomic mass is 16.8. The van der Waals surface area contributed by atoms with Gasteiger partial charge in [-0.2, -0.15) is 0 Å². The van der Waals surface area contributed by atoms with Crippen LogP contribution < -0.4 is 0 Å². The highest BCUT2D eigenvalue weighted by Gasteiger charge is 2.70. The summed E-state index contributed by atoms with van der Waals surface area (Å²) in [5, 5.41) is 117. The quantitative estimate of drug-likeness (QED) is 0.107. The Balaban J connectivity index is 1.06. The summed E-state index contributed by atoms with van der Waals surface area (Å²) < 4.78 is 36.1. The number of aliphatic carboxylic acids is 2. The molecule has 8 aliphatic rings. The standard InChI is InChI=1S/C48H76O19/c1-43(2)14-16-48(42(60)61)17-15-46(6)21(22(48)18-43)8-9-26-45(5)12-11-27(44(3,4)25(45)10-13-47(26,46)7)64-41-37(33(56)32(55)35(65-41)38(58)59)67-40-36(31(54)29(52)24(20-50)63-40)66-39-34(57)30(53)28(51)23(19-49)62-39/h8,22-37,39-41,49-57H,9-20H2,1-7H3,(H,58,59)(H,60,61). The molecule has 23 atom stereocenters. The van der Waals surface area contributed by atoms with Crippen molar-refractivity contribution in [2.24, 2.45) is 50.2 Å². The summed E-state index contributed by atoms with van der Waals surface area (Å²) in [5.74, 6) is -1.96. The predicted molar refractivity (Wildman–Crippen MR) is 231 cm³/mol. The third kappa shape index (κ3) is 8.06. The van der Waals surface area contributed by atoms with Crippen LogP contribution in [-0.2, 0) is 38.0 Å². The number of carbonyl (C=O) groups is 2. The molecule has 0 aromatic heterocycles. The van der Waals surface area contributed by atoms with Gasteiger partial charge < -0.3 is 84.6 Å². The van der Waals surface area contributed by atoms with Crippen LogP contribution in [0, 0.1) is 50.2 Å². The SMILES string of the molecule is CC1(C)CCC2(C(=O)O)CCC3(C)C(=CCC4C5(C)CCC(OC6OC(C(=O)O)C(O)C(O)C6OC6OC(CO)C(O)C(O)C6OC6OC(CO)C(O)C(O)C6O)C(C)(C)C5CCC43C)C2C1. The molecule has 3 heterocycles. The van der Waals surface area contributed by atoms with Crippen molar-refractivity contribution in [3.05, 3.63) is 11.6 Å². The number of aliphatic hydroxyl groups is 9. The highest BCUT2D eigenvalue weighted by molar-refractivity contribution is 5.76. The number of aliphatic hydroxyl groups excluding tert-OH is 9. The number of allylic oxidation sites excluding steroid dienone is 2. The third-order valence-electron chi connectivity index (χ3n) is 19.3. The van der Waals surface area contributed by atoms with E-state index in [9.17, 15) is 65.8 Å². The van der Waals surface area contributed by atoms with Gasteiger partial charge in [-0.25, -0.2) is 4.79 Å². The second-order valence-electron chi connectivity index (χ2n) is 23.5. The lowest BCUT2D eigenvalue weighted by molar-refractivity contribution is -0.396. The first-order valence-corrected chi connectivity index (χ1v) is 24.3. The molecule has 11 N–H and O–H groups in total. The molecule has 19 heteroatoms. The van der Waals surface area contributed by atoms with Crippen molar-refractivity contribution in [3.63, 3.8) is 0 Å². The minimum absolute atomic E-state index is 0.0260. The molecule has 3 saturated heterocycles. The molecule has 382 valence electrons. The van der Waals surface area contributed by atoms with E-state index in [2.05, 4.69) is 54.5 Å². The Hall–Kier alpha value is -1.92. The third-order valence-corrected chi connectivity index (χ3v) is 19.3. The molecule has 0 spiro atoms. The maximum Gasteiger partial charge on any atom is 0.335 e. The first kappa shape index (κ1) is 51.4. The normalized spacial score (nSPS) is 52.7. The van der Waals surface area contributed by atoms with Crippen LogP contribution in [0.1, 0.15) is 113 Å². The smallest absolute Gasteiger partial charge is 0.335 e. The van der Waals surface area contributed by atoms with Crippen molar-refractivity contribution in [1.29, 1.82) is 0 Å². The second kappa shape index (κ2) is 18.0. The zero-order valence-electron chi connectivity index (χ0n) is 39.7. The Labute approximate surface area is 391 Å². The summed E-state index contributed by atoms with van der Waals surface area (Å²) in [5.41, 5.74) is -0.505. The van der Waals surface area contributed by atoms with Gasteiger partial charge in [-0.3, -0.25) is 4.79 Å². The summed E-state index contributed by atoms with van der Waals surface area (Å²) in [6, 6.07) is 0. The van der Waals surface area contributed by atoms with Gasteiger partial charge in [0.05, 0.1) is 24.7 Å². The number of hydrogen-bond acceptors (Lipinski definition) is 17. The lowest BCUT2D eigenvalue weighted by atomic mass is 9.33. The average Bonchev–Trinajstić information content (AvgIpc) is 3.26. The van der Waals surface area contributed by atoms with Crippen LogP contribution in [0.15, 0.2) is 11.6 Å². The Kier molecular flexibility index (Phi) is 13.8. The number of carboxylic acid groups (broad SMARTS) is 2. The van der Waals surface area contributed by atoms with Crippen molar-refractivity contribution in [2.75, 3.05) is 13.2 Å². The summed E-state index contributed by atoms with van der Waals surface area (Å²) in [6.45, 7) is 14.3. The summed E-state index contributed by atoms with van der Waals surface area (Å²) in [7, 11) is 0. The van der Waals surface area contributed by atoms with Gasteiger partial charge in [-0.1, -0.05) is 60.1 Å². The van der Waals surface area contributed by atoms with E-state index >= 15 is 0 Å². The van der Waals surface area contributed by atoms with Gasteiger partial charge >= 0.3 is 11.9 Å². The van der Waals surface area contributed by atoms with Crippen molar-refractivity contribution in [2.45, 2.75) is 211 Å². The van der Waals surface area contributed by atoms with Gasteiger partial charge in [-0.15, -0.1) is 0 Å². The van der Waals surface area contributed by atoms with Crippen LogP contribution in [0.5, 0.6) is 0 Å². The summed E-state index contributed by atoms with van der Waals surface area (Å²) in [6.07, 6.45) is -17.9. The molecule has 0 bridgehead atoms. The molecule has 8 rings (SSSR count). The van der Waals surface area contributed by atoms with Crippen LogP contribution in [0.2, 0.25) is 0 Å². The molecular formula is C48H76O19. The first-order chi connectivity index (χ1) is 31.2. The molecule has 0 amide bonds. The Morgan fingerprint density at radius 2 is 1.19 bits per heavy atom. The van der Waals surface area contributed by atoms with E-state index in [1.165, 1.54) is 5.57 Å². The van der Waals surface area contributed by atoms with E-state index in [-0.39, 0.29) is 39.4 Å². The topological polar surface area (TPSA) is 312 Å². The molecule has 7 fully saturated rings. The monoisotopic (exact) mass is 956 g/mol. The highest BCUT2D eigenvalue weighted by Crippen LogP contribution is 2.76. The Morgan fingerprint density at radius 1 is 0.627 bits per heavy atom. The molecule has 19 nitrogen and oxygen atoms in total. The molecule has 5 aliphatic carbocycles.